The van der Waals surface area contributed by atoms with E-state index in [0.717, 1.165) is 5.69 Å². The Bertz CT molecular complexity index is 268. The molecule has 1 heterocycles. The highest BCUT2D eigenvalue weighted by molar-refractivity contribution is 5.03. The molecule has 0 saturated heterocycles. The molecule has 1 atom stereocenters. The van der Waals surface area contributed by atoms with Gasteiger partial charge in [0.1, 0.15) is 0 Å². The molecule has 0 bridgehead atoms. The molecule has 0 aromatic carbocycles. The van der Waals surface area contributed by atoms with Crippen LogP contribution in [0.2, 0.25) is 0 Å². The molecule has 0 aliphatic rings. The summed E-state index contributed by atoms with van der Waals surface area (Å²) in [5.74, 6) is 0.664. The number of aromatic nitrogens is 2. The SMILES string of the molecule is CCCC(CCC)C(NC)c1cnccn1. The average molecular weight is 221 g/mol. The average Bonchev–Trinajstić information content (AvgIpc) is 2.32. The third-order valence-electron chi connectivity index (χ3n) is 3.00. The Morgan fingerprint density at radius 3 is 2.31 bits per heavy atom. The van der Waals surface area contributed by atoms with Crippen molar-refractivity contribution in [2.75, 3.05) is 7.05 Å². The molecule has 1 rings (SSSR count). The molecule has 0 fully saturated rings. The summed E-state index contributed by atoms with van der Waals surface area (Å²) >= 11 is 0. The first-order valence-electron chi connectivity index (χ1n) is 6.26. The lowest BCUT2D eigenvalue weighted by Gasteiger charge is -2.25. The van der Waals surface area contributed by atoms with E-state index >= 15 is 0 Å². The topological polar surface area (TPSA) is 37.8 Å². The van der Waals surface area contributed by atoms with Gasteiger partial charge in [0.05, 0.1) is 11.7 Å². The first-order chi connectivity index (χ1) is 7.83. The zero-order valence-corrected chi connectivity index (χ0v) is 10.6. The van der Waals surface area contributed by atoms with E-state index in [-0.39, 0.29) is 0 Å². The number of nitrogens with one attached hydrogen (secondary N) is 1. The van der Waals surface area contributed by atoms with E-state index < -0.39 is 0 Å². The highest BCUT2D eigenvalue weighted by Gasteiger charge is 2.21. The van der Waals surface area contributed by atoms with Crippen LogP contribution in [0.5, 0.6) is 0 Å². The van der Waals surface area contributed by atoms with Crippen LogP contribution in [-0.4, -0.2) is 17.0 Å². The molecule has 1 unspecified atom stereocenters. The minimum absolute atomic E-state index is 0.341. The minimum atomic E-state index is 0.341. The van der Waals surface area contributed by atoms with Crippen molar-refractivity contribution in [3.8, 4) is 0 Å². The maximum atomic E-state index is 4.41. The van der Waals surface area contributed by atoms with Gasteiger partial charge in [-0.25, -0.2) is 0 Å². The summed E-state index contributed by atoms with van der Waals surface area (Å²) in [5, 5.41) is 3.39. The summed E-state index contributed by atoms with van der Waals surface area (Å²) in [7, 11) is 2.01. The summed E-state index contributed by atoms with van der Waals surface area (Å²) < 4.78 is 0. The van der Waals surface area contributed by atoms with E-state index in [0.29, 0.717) is 12.0 Å². The maximum absolute atomic E-state index is 4.41. The van der Waals surface area contributed by atoms with Gasteiger partial charge in [-0.1, -0.05) is 26.7 Å². The van der Waals surface area contributed by atoms with E-state index in [4.69, 9.17) is 0 Å². The van der Waals surface area contributed by atoms with Gasteiger partial charge in [0.25, 0.3) is 0 Å². The quantitative estimate of drug-likeness (QED) is 0.769. The second-order valence-electron chi connectivity index (χ2n) is 4.23. The van der Waals surface area contributed by atoms with Crippen LogP contribution >= 0.6 is 0 Å². The zero-order chi connectivity index (χ0) is 11.8. The van der Waals surface area contributed by atoms with Gasteiger partial charge in [-0.3, -0.25) is 9.97 Å². The number of nitrogens with zero attached hydrogens (tertiary/aromatic N) is 2. The molecule has 0 aliphatic carbocycles. The van der Waals surface area contributed by atoms with Crippen molar-refractivity contribution in [3.63, 3.8) is 0 Å². The molecule has 3 nitrogen and oxygen atoms in total. The Morgan fingerprint density at radius 1 is 1.19 bits per heavy atom. The summed E-state index contributed by atoms with van der Waals surface area (Å²) in [6.07, 6.45) is 10.3. The molecule has 0 amide bonds. The van der Waals surface area contributed by atoms with Crippen LogP contribution in [0.1, 0.15) is 51.3 Å². The Hall–Kier alpha value is -0.960. The molecule has 3 heteroatoms. The van der Waals surface area contributed by atoms with Gasteiger partial charge in [-0.15, -0.1) is 0 Å². The number of hydrogen-bond acceptors (Lipinski definition) is 3. The fourth-order valence-corrected chi connectivity index (χ4v) is 2.32. The first-order valence-corrected chi connectivity index (χ1v) is 6.26. The minimum Gasteiger partial charge on any atom is -0.311 e. The van der Waals surface area contributed by atoms with Crippen LogP contribution in [0.3, 0.4) is 0 Å². The Balaban J connectivity index is 2.77. The normalized spacial score (nSPS) is 13.0. The molecule has 1 N–H and O–H groups in total. The van der Waals surface area contributed by atoms with Crippen molar-refractivity contribution in [2.24, 2.45) is 5.92 Å². The molecular weight excluding hydrogens is 198 g/mol. The van der Waals surface area contributed by atoms with Crippen LogP contribution < -0.4 is 5.32 Å². The van der Waals surface area contributed by atoms with Crippen molar-refractivity contribution in [2.45, 2.75) is 45.6 Å². The van der Waals surface area contributed by atoms with Crippen LogP contribution in [-0.2, 0) is 0 Å². The molecule has 0 aliphatic heterocycles. The predicted octanol–water partition coefficient (Wildman–Crippen LogP) is 2.95. The Morgan fingerprint density at radius 2 is 1.88 bits per heavy atom. The van der Waals surface area contributed by atoms with E-state index in [1.54, 1.807) is 12.4 Å². The van der Waals surface area contributed by atoms with Gasteiger partial charge in [0, 0.05) is 18.6 Å². The van der Waals surface area contributed by atoms with Crippen molar-refractivity contribution in [1.82, 2.24) is 15.3 Å². The van der Waals surface area contributed by atoms with Gasteiger partial charge in [-0.05, 0) is 25.8 Å². The fraction of sp³-hybridized carbons (Fsp3) is 0.692. The summed E-state index contributed by atoms with van der Waals surface area (Å²) in [5.41, 5.74) is 1.07. The van der Waals surface area contributed by atoms with E-state index in [1.807, 2.05) is 13.2 Å². The van der Waals surface area contributed by atoms with Crippen LogP contribution in [0, 0.1) is 5.92 Å². The second-order valence-corrected chi connectivity index (χ2v) is 4.23. The van der Waals surface area contributed by atoms with Crippen LogP contribution in [0.25, 0.3) is 0 Å². The van der Waals surface area contributed by atoms with Gasteiger partial charge in [0.15, 0.2) is 0 Å². The molecule has 1 aromatic heterocycles. The summed E-state index contributed by atoms with van der Waals surface area (Å²) in [6, 6.07) is 0.341. The van der Waals surface area contributed by atoms with Gasteiger partial charge in [0.2, 0.25) is 0 Å². The molecule has 90 valence electrons. The fourth-order valence-electron chi connectivity index (χ4n) is 2.32. The maximum Gasteiger partial charge on any atom is 0.0758 e. The molecule has 0 radical (unpaired) electrons. The Kier molecular flexibility index (Phi) is 6.01. The van der Waals surface area contributed by atoms with Crippen molar-refractivity contribution in [1.29, 1.82) is 0 Å². The first kappa shape index (κ1) is 13.1. The smallest absolute Gasteiger partial charge is 0.0758 e. The van der Waals surface area contributed by atoms with Gasteiger partial charge < -0.3 is 5.32 Å². The number of rotatable bonds is 7. The molecule has 0 saturated carbocycles. The lowest BCUT2D eigenvalue weighted by molar-refractivity contribution is 0.325. The lowest BCUT2D eigenvalue weighted by atomic mass is 9.89. The standard InChI is InChI=1S/C13H23N3/c1-4-6-11(7-5-2)13(14-3)12-10-15-8-9-16-12/h8-11,13-14H,4-7H2,1-3H3. The van der Waals surface area contributed by atoms with Crippen molar-refractivity contribution < 1.29 is 0 Å². The monoisotopic (exact) mass is 221 g/mol. The van der Waals surface area contributed by atoms with Gasteiger partial charge >= 0.3 is 0 Å². The second kappa shape index (κ2) is 7.34. The molecule has 16 heavy (non-hydrogen) atoms. The van der Waals surface area contributed by atoms with E-state index in [2.05, 4.69) is 29.1 Å². The third kappa shape index (κ3) is 3.56. The number of hydrogen-bond donors (Lipinski definition) is 1. The van der Waals surface area contributed by atoms with Crippen LogP contribution in [0.4, 0.5) is 0 Å². The van der Waals surface area contributed by atoms with E-state index in [9.17, 15) is 0 Å². The highest BCUT2D eigenvalue weighted by Crippen LogP contribution is 2.27. The molecule has 1 aromatic rings. The van der Waals surface area contributed by atoms with Gasteiger partial charge in [-0.2, -0.15) is 0 Å². The van der Waals surface area contributed by atoms with Crippen molar-refractivity contribution in [3.05, 3.63) is 24.3 Å². The largest absolute Gasteiger partial charge is 0.311 e. The Labute approximate surface area is 98.7 Å². The van der Waals surface area contributed by atoms with Crippen molar-refractivity contribution >= 4 is 0 Å². The lowest BCUT2D eigenvalue weighted by Crippen LogP contribution is -2.26. The van der Waals surface area contributed by atoms with E-state index in [1.165, 1.54) is 25.7 Å². The predicted molar refractivity (Wildman–Crippen MR) is 67.1 cm³/mol. The highest BCUT2D eigenvalue weighted by atomic mass is 14.9. The summed E-state index contributed by atoms with van der Waals surface area (Å²) in [6.45, 7) is 4.48. The summed E-state index contributed by atoms with van der Waals surface area (Å²) in [4.78, 5) is 8.56. The zero-order valence-electron chi connectivity index (χ0n) is 10.6. The third-order valence-corrected chi connectivity index (χ3v) is 3.00. The van der Waals surface area contributed by atoms with Crippen LogP contribution in [0.15, 0.2) is 18.6 Å². The molecular formula is C13H23N3. The molecule has 0 spiro atoms.